The molecule has 0 spiro atoms. The molecule has 1 aliphatic heterocycles. The summed E-state index contributed by atoms with van der Waals surface area (Å²) in [5.41, 5.74) is 1.16. The summed E-state index contributed by atoms with van der Waals surface area (Å²) in [5.74, 6) is -1.14. The zero-order valence-corrected chi connectivity index (χ0v) is 22.1. The minimum atomic E-state index is -4.00. The van der Waals surface area contributed by atoms with Gasteiger partial charge in [0.1, 0.15) is 10.9 Å². The fraction of sp³-hybridized carbons (Fsp3) is 0.464. The Balaban J connectivity index is 1.49. The molecule has 2 aromatic carbocycles. The van der Waals surface area contributed by atoms with Gasteiger partial charge in [0.15, 0.2) is 0 Å². The van der Waals surface area contributed by atoms with Gasteiger partial charge < -0.3 is 10.2 Å². The van der Waals surface area contributed by atoms with Crippen molar-refractivity contribution in [2.45, 2.75) is 75.3 Å². The van der Waals surface area contributed by atoms with E-state index in [1.165, 1.54) is 18.6 Å². The summed E-state index contributed by atoms with van der Waals surface area (Å²) < 4.78 is 26.6. The zero-order valence-electron chi connectivity index (χ0n) is 21.3. The third-order valence-electron chi connectivity index (χ3n) is 7.26. The predicted octanol–water partition coefficient (Wildman–Crippen LogP) is 3.52. The molecule has 198 valence electrons. The molecule has 0 radical (unpaired) electrons. The fourth-order valence-electron chi connectivity index (χ4n) is 5.23. The number of carbonyl (C=O) groups is 3. The van der Waals surface area contributed by atoms with E-state index in [4.69, 9.17) is 0 Å². The monoisotopic (exact) mass is 525 g/mol. The van der Waals surface area contributed by atoms with Crippen molar-refractivity contribution in [2.75, 3.05) is 13.1 Å². The summed E-state index contributed by atoms with van der Waals surface area (Å²) in [5, 5.41) is 3.14. The van der Waals surface area contributed by atoms with E-state index in [2.05, 4.69) is 5.32 Å². The van der Waals surface area contributed by atoms with Crippen LogP contribution >= 0.6 is 0 Å². The largest absolute Gasteiger partial charge is 0.352 e. The predicted molar refractivity (Wildman–Crippen MR) is 140 cm³/mol. The summed E-state index contributed by atoms with van der Waals surface area (Å²) in [6.07, 6.45) is 6.02. The standard InChI is InChI=1S/C28H35N3O5S/c1-2-24(27(33)29-22-13-7-4-8-14-22)30(19-17-21-11-5-3-6-12-21)26(32)18-20-31-28(34)23-15-9-10-16-25(23)37(31,35)36/h3,5-6,9-12,15-16,22,24H,2,4,7-8,13-14,17-20H2,1H3,(H,29,33)/t24-/m0/s1. The van der Waals surface area contributed by atoms with Gasteiger partial charge in [-0.15, -0.1) is 0 Å². The van der Waals surface area contributed by atoms with Gasteiger partial charge in [-0.2, -0.15) is 0 Å². The quantitative estimate of drug-likeness (QED) is 0.511. The number of carbonyl (C=O) groups excluding carboxylic acids is 3. The van der Waals surface area contributed by atoms with E-state index in [0.717, 1.165) is 35.6 Å². The Kier molecular flexibility index (Phi) is 8.63. The van der Waals surface area contributed by atoms with Crippen LogP contribution in [0, 0.1) is 0 Å². The molecule has 0 saturated heterocycles. The van der Waals surface area contributed by atoms with Gasteiger partial charge in [-0.05, 0) is 43.4 Å². The number of fused-ring (bicyclic) bond motifs is 1. The molecule has 2 aromatic rings. The molecule has 1 fully saturated rings. The van der Waals surface area contributed by atoms with E-state index >= 15 is 0 Å². The van der Waals surface area contributed by atoms with Crippen LogP contribution in [0.5, 0.6) is 0 Å². The third-order valence-corrected chi connectivity index (χ3v) is 9.10. The highest BCUT2D eigenvalue weighted by molar-refractivity contribution is 7.90. The molecule has 0 aromatic heterocycles. The Morgan fingerprint density at radius 3 is 2.38 bits per heavy atom. The molecule has 8 nitrogen and oxygen atoms in total. The molecule has 0 unspecified atom stereocenters. The van der Waals surface area contributed by atoms with Crippen molar-refractivity contribution < 1.29 is 22.8 Å². The average Bonchev–Trinajstić information content (AvgIpc) is 3.10. The summed E-state index contributed by atoms with van der Waals surface area (Å²) in [7, 11) is -4.00. The van der Waals surface area contributed by atoms with Crippen LogP contribution in [0.25, 0.3) is 0 Å². The van der Waals surface area contributed by atoms with Crippen LogP contribution in [-0.4, -0.2) is 60.5 Å². The molecule has 1 aliphatic carbocycles. The fourth-order valence-corrected chi connectivity index (χ4v) is 6.80. The maximum atomic E-state index is 13.5. The first-order valence-electron chi connectivity index (χ1n) is 13.1. The van der Waals surface area contributed by atoms with Gasteiger partial charge in [0.25, 0.3) is 15.9 Å². The Morgan fingerprint density at radius 2 is 1.70 bits per heavy atom. The Bertz CT molecular complexity index is 1230. The number of hydrogen-bond donors (Lipinski definition) is 1. The summed E-state index contributed by atoms with van der Waals surface area (Å²) in [6, 6.07) is 15.2. The van der Waals surface area contributed by atoms with Gasteiger partial charge in [-0.3, -0.25) is 14.4 Å². The van der Waals surface area contributed by atoms with E-state index in [-0.39, 0.29) is 41.3 Å². The van der Waals surface area contributed by atoms with Crippen LogP contribution in [0.1, 0.15) is 67.8 Å². The van der Waals surface area contributed by atoms with Crippen LogP contribution in [0.15, 0.2) is 59.5 Å². The van der Waals surface area contributed by atoms with Gasteiger partial charge in [0.05, 0.1) is 5.56 Å². The number of amides is 3. The highest BCUT2D eigenvalue weighted by atomic mass is 32.2. The first-order chi connectivity index (χ1) is 17.8. The second-order valence-corrected chi connectivity index (χ2v) is 11.5. The van der Waals surface area contributed by atoms with Crippen molar-refractivity contribution in [3.63, 3.8) is 0 Å². The van der Waals surface area contributed by atoms with Gasteiger partial charge >= 0.3 is 0 Å². The van der Waals surface area contributed by atoms with Crippen molar-refractivity contribution in [3.05, 3.63) is 65.7 Å². The van der Waals surface area contributed by atoms with Crippen LogP contribution in [-0.2, 0) is 26.0 Å². The smallest absolute Gasteiger partial charge is 0.269 e. The molecule has 9 heteroatoms. The van der Waals surface area contributed by atoms with E-state index in [1.807, 2.05) is 37.3 Å². The van der Waals surface area contributed by atoms with E-state index in [1.54, 1.807) is 17.0 Å². The maximum absolute atomic E-state index is 13.5. The van der Waals surface area contributed by atoms with Crippen LogP contribution in [0.4, 0.5) is 0 Å². The molecule has 1 atom stereocenters. The second kappa shape index (κ2) is 11.9. The first-order valence-corrected chi connectivity index (χ1v) is 14.6. The van der Waals surface area contributed by atoms with Gasteiger partial charge in [0, 0.05) is 25.6 Å². The lowest BCUT2D eigenvalue weighted by Gasteiger charge is -2.33. The third kappa shape index (κ3) is 6.04. The van der Waals surface area contributed by atoms with E-state index in [9.17, 15) is 22.8 Å². The van der Waals surface area contributed by atoms with Crippen molar-refractivity contribution in [2.24, 2.45) is 0 Å². The molecule has 3 amide bonds. The molecule has 1 heterocycles. The normalized spacial score (nSPS) is 17.8. The number of hydrogen-bond acceptors (Lipinski definition) is 5. The molecular formula is C28H35N3O5S. The lowest BCUT2D eigenvalue weighted by Crippen LogP contribution is -2.52. The lowest BCUT2D eigenvalue weighted by atomic mass is 9.95. The number of nitrogens with zero attached hydrogens (tertiary/aromatic N) is 2. The summed E-state index contributed by atoms with van der Waals surface area (Å²) in [6.45, 7) is 1.93. The zero-order chi connectivity index (χ0) is 26.4. The Hall–Kier alpha value is -3.20. The molecule has 0 bridgehead atoms. The van der Waals surface area contributed by atoms with Crippen LogP contribution in [0.3, 0.4) is 0 Å². The molecular weight excluding hydrogens is 490 g/mol. The van der Waals surface area contributed by atoms with Crippen molar-refractivity contribution in [1.29, 1.82) is 0 Å². The Morgan fingerprint density at radius 1 is 1.03 bits per heavy atom. The molecule has 37 heavy (non-hydrogen) atoms. The van der Waals surface area contributed by atoms with E-state index in [0.29, 0.717) is 19.4 Å². The minimum absolute atomic E-state index is 0.0355. The molecule has 1 saturated carbocycles. The topological polar surface area (TPSA) is 104 Å². The highest BCUT2D eigenvalue weighted by Gasteiger charge is 2.41. The first kappa shape index (κ1) is 26.9. The molecule has 1 N–H and O–H groups in total. The maximum Gasteiger partial charge on any atom is 0.269 e. The second-order valence-electron chi connectivity index (χ2n) is 9.72. The van der Waals surface area contributed by atoms with E-state index < -0.39 is 22.0 Å². The summed E-state index contributed by atoms with van der Waals surface area (Å²) in [4.78, 5) is 41.1. The van der Waals surface area contributed by atoms with Crippen LogP contribution < -0.4 is 5.32 Å². The van der Waals surface area contributed by atoms with Crippen molar-refractivity contribution >= 4 is 27.7 Å². The number of benzene rings is 2. The van der Waals surface area contributed by atoms with Gasteiger partial charge in [-0.1, -0.05) is 68.7 Å². The van der Waals surface area contributed by atoms with Crippen LogP contribution in [0.2, 0.25) is 0 Å². The van der Waals surface area contributed by atoms with Gasteiger partial charge in [0.2, 0.25) is 11.8 Å². The highest BCUT2D eigenvalue weighted by Crippen LogP contribution is 2.30. The van der Waals surface area contributed by atoms with Gasteiger partial charge in [-0.25, -0.2) is 12.7 Å². The van der Waals surface area contributed by atoms with Crippen molar-refractivity contribution in [1.82, 2.24) is 14.5 Å². The summed E-state index contributed by atoms with van der Waals surface area (Å²) >= 11 is 0. The minimum Gasteiger partial charge on any atom is -0.352 e. The number of nitrogens with one attached hydrogen (secondary N) is 1. The Labute approximate surface area is 219 Å². The number of rotatable bonds is 10. The molecule has 4 rings (SSSR count). The average molecular weight is 526 g/mol. The lowest BCUT2D eigenvalue weighted by molar-refractivity contribution is -0.141. The number of sulfonamides is 1. The molecule has 2 aliphatic rings. The SMILES string of the molecule is CC[C@@H](C(=O)NC1CCCCC1)N(CCc1ccccc1)C(=O)CCN1C(=O)c2ccccc2S1(=O)=O. The van der Waals surface area contributed by atoms with Crippen molar-refractivity contribution in [3.8, 4) is 0 Å².